The molecule has 1 aromatic carbocycles. The SMILES string of the molecule is CNC1CCC2(NCCN3CCS(=O)(=O)CC3)CCC3(C)C(CCC4C5(C)CC=C(c6ccc(C(=O)OC)cc6)C(C)(C)C5CCC43C)C12. The summed E-state index contributed by atoms with van der Waals surface area (Å²) in [6.07, 6.45) is 13.9. The molecule has 272 valence electrons. The van der Waals surface area contributed by atoms with Crippen LogP contribution in [0.15, 0.2) is 30.3 Å². The van der Waals surface area contributed by atoms with E-state index >= 15 is 0 Å². The molecule has 8 heteroatoms. The Morgan fingerprint density at radius 2 is 1.61 bits per heavy atom. The number of esters is 1. The standard InChI is InChI=1S/C41H63N3O4S/c1-37(2)30(28-8-10-29(11-9-28)36(45)48-7)14-17-38(3)33(37)16-18-40(5)34(38)13-12-31-35-32(42-6)15-19-41(35,21-20-39(31,40)4)43-22-23-44-24-26-49(46,47)27-25-44/h8-11,14,31-35,42-43H,12-13,15-27H2,1-7H3. The predicted molar refractivity (Wildman–Crippen MR) is 198 cm³/mol. The van der Waals surface area contributed by atoms with Gasteiger partial charge < -0.3 is 20.3 Å². The minimum absolute atomic E-state index is 0.0473. The van der Waals surface area contributed by atoms with Crippen LogP contribution in [0.5, 0.6) is 0 Å². The van der Waals surface area contributed by atoms with Crippen molar-refractivity contribution in [2.75, 3.05) is 51.8 Å². The largest absolute Gasteiger partial charge is 0.465 e. The molecular formula is C41H63N3O4S. The molecule has 6 aliphatic rings. The molecule has 4 saturated carbocycles. The fourth-order valence-corrected chi connectivity index (χ4v) is 14.9. The second-order valence-electron chi connectivity index (χ2n) is 18.3. The van der Waals surface area contributed by atoms with Gasteiger partial charge in [-0.2, -0.15) is 0 Å². The summed E-state index contributed by atoms with van der Waals surface area (Å²) in [6.45, 7) is 16.3. The molecule has 2 N–H and O–H groups in total. The van der Waals surface area contributed by atoms with E-state index in [0.717, 1.165) is 19.5 Å². The van der Waals surface area contributed by atoms with Crippen molar-refractivity contribution in [1.29, 1.82) is 0 Å². The number of fused-ring (bicyclic) bond motifs is 7. The van der Waals surface area contributed by atoms with Gasteiger partial charge in [-0.1, -0.05) is 52.8 Å². The summed E-state index contributed by atoms with van der Waals surface area (Å²) in [7, 11) is 0.785. The first-order valence-corrected chi connectivity index (χ1v) is 21.2. The number of benzene rings is 1. The van der Waals surface area contributed by atoms with E-state index in [4.69, 9.17) is 4.74 Å². The van der Waals surface area contributed by atoms with Crippen molar-refractivity contribution in [3.8, 4) is 0 Å². The van der Waals surface area contributed by atoms with Crippen LogP contribution in [0.25, 0.3) is 5.57 Å². The second-order valence-corrected chi connectivity index (χ2v) is 20.6. The quantitative estimate of drug-likeness (QED) is 0.312. The summed E-state index contributed by atoms with van der Waals surface area (Å²) in [4.78, 5) is 14.5. The van der Waals surface area contributed by atoms with Crippen LogP contribution < -0.4 is 10.6 Å². The summed E-state index contributed by atoms with van der Waals surface area (Å²) >= 11 is 0. The van der Waals surface area contributed by atoms with Gasteiger partial charge in [-0.25, -0.2) is 13.2 Å². The molecule has 9 atom stereocenters. The number of ether oxygens (including phenoxy) is 1. The van der Waals surface area contributed by atoms with Gasteiger partial charge in [-0.3, -0.25) is 0 Å². The van der Waals surface area contributed by atoms with E-state index in [9.17, 15) is 13.2 Å². The van der Waals surface area contributed by atoms with Crippen molar-refractivity contribution in [3.05, 3.63) is 41.5 Å². The van der Waals surface area contributed by atoms with E-state index in [1.54, 1.807) is 0 Å². The lowest BCUT2D eigenvalue weighted by atomic mass is 9.33. The minimum atomic E-state index is -2.85. The number of rotatable bonds is 7. The Morgan fingerprint density at radius 3 is 2.29 bits per heavy atom. The lowest BCUT2D eigenvalue weighted by Gasteiger charge is -2.72. The molecule has 5 aliphatic carbocycles. The number of nitrogens with one attached hydrogen (secondary N) is 2. The average molecular weight is 694 g/mol. The van der Waals surface area contributed by atoms with Gasteiger partial charge in [0.15, 0.2) is 9.84 Å². The molecule has 49 heavy (non-hydrogen) atoms. The molecule has 7 nitrogen and oxygen atoms in total. The molecule has 1 aromatic rings. The van der Waals surface area contributed by atoms with Crippen LogP contribution in [0, 0.1) is 45.3 Å². The maximum Gasteiger partial charge on any atom is 0.337 e. The second kappa shape index (κ2) is 12.4. The highest BCUT2D eigenvalue weighted by atomic mass is 32.2. The van der Waals surface area contributed by atoms with E-state index in [2.05, 4.69) is 75.4 Å². The summed E-state index contributed by atoms with van der Waals surface area (Å²) in [6, 6.07) is 8.65. The zero-order valence-electron chi connectivity index (χ0n) is 31.4. The van der Waals surface area contributed by atoms with E-state index in [1.807, 2.05) is 12.1 Å². The van der Waals surface area contributed by atoms with Gasteiger partial charge in [0.25, 0.3) is 0 Å². The van der Waals surface area contributed by atoms with Crippen LogP contribution in [-0.4, -0.2) is 82.7 Å². The van der Waals surface area contributed by atoms with Crippen molar-refractivity contribution >= 4 is 21.4 Å². The number of nitrogens with zero attached hydrogens (tertiary/aromatic N) is 1. The first kappa shape index (κ1) is 35.7. The Morgan fingerprint density at radius 1 is 0.898 bits per heavy atom. The fourth-order valence-electron chi connectivity index (χ4n) is 13.7. The van der Waals surface area contributed by atoms with Crippen molar-refractivity contribution in [2.24, 2.45) is 45.3 Å². The fraction of sp³-hybridized carbons (Fsp3) is 0.780. The van der Waals surface area contributed by atoms with E-state index in [-0.39, 0.29) is 22.3 Å². The Labute approximate surface area is 296 Å². The molecule has 0 aromatic heterocycles. The van der Waals surface area contributed by atoms with Crippen molar-refractivity contribution in [1.82, 2.24) is 15.5 Å². The van der Waals surface area contributed by atoms with Crippen LogP contribution in [0.3, 0.4) is 0 Å². The molecule has 1 saturated heterocycles. The molecule has 7 rings (SSSR count). The number of hydrogen-bond acceptors (Lipinski definition) is 7. The molecule has 0 bridgehead atoms. The van der Waals surface area contributed by atoms with Gasteiger partial charge in [0.2, 0.25) is 0 Å². The van der Waals surface area contributed by atoms with Gasteiger partial charge in [-0.05, 0) is 133 Å². The third-order valence-corrected chi connectivity index (χ3v) is 18.0. The summed E-state index contributed by atoms with van der Waals surface area (Å²) in [5.41, 5.74) is 4.38. The maximum absolute atomic E-state index is 12.1. The number of hydrogen-bond donors (Lipinski definition) is 2. The predicted octanol–water partition coefficient (Wildman–Crippen LogP) is 6.59. The van der Waals surface area contributed by atoms with E-state index in [0.29, 0.717) is 70.7 Å². The highest BCUT2D eigenvalue weighted by molar-refractivity contribution is 7.91. The van der Waals surface area contributed by atoms with Crippen LogP contribution in [0.4, 0.5) is 0 Å². The number of carbonyl (C=O) groups excluding carboxylic acids is 1. The van der Waals surface area contributed by atoms with Crippen molar-refractivity contribution in [3.63, 3.8) is 0 Å². The van der Waals surface area contributed by atoms with Crippen molar-refractivity contribution < 1.29 is 17.9 Å². The minimum Gasteiger partial charge on any atom is -0.465 e. The monoisotopic (exact) mass is 693 g/mol. The lowest BCUT2D eigenvalue weighted by Crippen LogP contribution is -2.69. The number of methoxy groups -OCH3 is 1. The summed E-state index contributed by atoms with van der Waals surface area (Å²) in [5.74, 6) is 2.98. The van der Waals surface area contributed by atoms with Crippen LogP contribution in [0.1, 0.15) is 108 Å². The van der Waals surface area contributed by atoms with Gasteiger partial charge in [-0.15, -0.1) is 0 Å². The topological polar surface area (TPSA) is 87.7 Å². The molecule has 0 radical (unpaired) electrons. The third-order valence-electron chi connectivity index (χ3n) is 16.3. The molecule has 0 amide bonds. The molecule has 1 aliphatic heterocycles. The molecular weight excluding hydrogens is 631 g/mol. The highest BCUT2D eigenvalue weighted by Gasteiger charge is 2.70. The summed E-state index contributed by atoms with van der Waals surface area (Å²) < 4.78 is 29.0. The van der Waals surface area contributed by atoms with E-state index in [1.165, 1.54) is 69.6 Å². The summed E-state index contributed by atoms with van der Waals surface area (Å²) in [5, 5.41) is 8.01. The number of allylic oxidation sites excluding steroid dienone is 2. The average Bonchev–Trinajstić information content (AvgIpc) is 3.44. The van der Waals surface area contributed by atoms with Crippen LogP contribution in [0.2, 0.25) is 0 Å². The molecule has 1 heterocycles. The van der Waals surface area contributed by atoms with Gasteiger partial charge in [0, 0.05) is 37.8 Å². The zero-order chi connectivity index (χ0) is 35.0. The first-order valence-electron chi connectivity index (χ1n) is 19.4. The Hall–Kier alpha value is -1.74. The maximum atomic E-state index is 12.1. The third kappa shape index (κ3) is 5.51. The first-order chi connectivity index (χ1) is 23.1. The zero-order valence-corrected chi connectivity index (χ0v) is 32.2. The normalized spacial score (nSPS) is 42.6. The van der Waals surface area contributed by atoms with Crippen LogP contribution in [-0.2, 0) is 14.6 Å². The van der Waals surface area contributed by atoms with Gasteiger partial charge in [0.1, 0.15) is 0 Å². The molecule has 5 fully saturated rings. The smallest absolute Gasteiger partial charge is 0.337 e. The Kier molecular flexibility index (Phi) is 9.06. The van der Waals surface area contributed by atoms with E-state index < -0.39 is 9.84 Å². The Balaban J connectivity index is 1.13. The van der Waals surface area contributed by atoms with Crippen molar-refractivity contribution in [2.45, 2.75) is 104 Å². The van der Waals surface area contributed by atoms with Crippen LogP contribution >= 0.6 is 0 Å². The molecule has 9 unspecified atom stereocenters. The Bertz CT molecular complexity index is 1560. The van der Waals surface area contributed by atoms with Gasteiger partial charge in [0.05, 0.1) is 24.2 Å². The van der Waals surface area contributed by atoms with Gasteiger partial charge >= 0.3 is 5.97 Å². The molecule has 0 spiro atoms. The number of sulfone groups is 1. The highest BCUT2D eigenvalue weighted by Crippen LogP contribution is 2.76. The number of carbonyl (C=O) groups is 1. The lowest BCUT2D eigenvalue weighted by molar-refractivity contribution is -0.218.